The summed E-state index contributed by atoms with van der Waals surface area (Å²) in [6.07, 6.45) is 0. The fraction of sp³-hybridized carbons (Fsp3) is 0.500. The molecule has 0 N–H and O–H groups in total. The van der Waals surface area contributed by atoms with Crippen molar-refractivity contribution in [3.05, 3.63) is 0 Å². The monoisotopic (exact) mass is 73.0 g/mol. The van der Waals surface area contributed by atoms with E-state index in [9.17, 15) is 4.79 Å². The predicted molar refractivity (Wildman–Crippen MR) is 20.3 cm³/mol. The van der Waals surface area contributed by atoms with E-state index in [0.717, 1.165) is 0 Å². The van der Waals surface area contributed by atoms with Crippen molar-refractivity contribution in [1.29, 1.82) is 1.34 Å². The lowest BCUT2D eigenvalue weighted by molar-refractivity contribution is -0.131. The van der Waals surface area contributed by atoms with Crippen LogP contribution in [-0.2, 0) is 9.45 Å². The summed E-state index contributed by atoms with van der Waals surface area (Å²) in [7, 11) is -0.269. The quantitative estimate of drug-likeness (QED) is 0.376. The number of carbonyl (C=O) groups excluding carboxylic acids is 1. The van der Waals surface area contributed by atoms with Gasteiger partial charge in [0.15, 0.2) is 0 Å². The molecule has 0 aromatic rings. The molecule has 5 heavy (non-hydrogen) atoms. The summed E-state index contributed by atoms with van der Waals surface area (Å²) < 4.78 is 10.4. The molecule has 0 radical (unpaired) electrons. The third-order valence-corrected chi connectivity index (χ3v) is 0.203. The van der Waals surface area contributed by atoms with Gasteiger partial charge in [0.1, 0.15) is 0 Å². The first-order chi connectivity index (χ1) is 2.77. The molecule has 0 aliphatic carbocycles. The van der Waals surface area contributed by atoms with E-state index in [-0.39, 0.29) is 8.01 Å². The molecule has 0 aliphatic heterocycles. The molecule has 0 saturated carbocycles. The Hall–Kier alpha value is -0.465. The zero-order chi connectivity index (χ0) is 4.99. The third-order valence-electron chi connectivity index (χ3n) is 0.203. The lowest BCUT2D eigenvalue weighted by Gasteiger charge is -1.82. The van der Waals surface area contributed by atoms with Gasteiger partial charge in [-0.1, -0.05) is 0 Å². The molecule has 0 aromatic heterocycles. The Balaban J connectivity index is 2.83. The molecule has 0 spiro atoms. The van der Waals surface area contributed by atoms with E-state index in [4.69, 9.17) is 1.34 Å². The van der Waals surface area contributed by atoms with Crippen LogP contribution in [0.5, 0.6) is 0 Å². The maximum absolute atomic E-state index is 9.70. The number of carbonyl (C=O) groups is 1. The fourth-order valence-electron chi connectivity index (χ4n) is 0. The van der Waals surface area contributed by atoms with Crippen LogP contribution in [0.15, 0.2) is 0 Å². The second-order valence-electron chi connectivity index (χ2n) is 0.636. The van der Waals surface area contributed by atoms with Crippen molar-refractivity contribution in [3.63, 3.8) is 0 Å². The van der Waals surface area contributed by atoms with Gasteiger partial charge >= 0.3 is 8.01 Å². The molecule has 0 heterocycles. The van der Waals surface area contributed by atoms with Crippen LogP contribution in [0.3, 0.4) is 0 Å². The summed E-state index contributed by atoms with van der Waals surface area (Å²) >= 11 is 0. The summed E-state index contributed by atoms with van der Waals surface area (Å²) in [6.45, 7) is 1.27. The van der Waals surface area contributed by atoms with E-state index in [1.807, 2.05) is 0 Å². The molecule has 0 atom stereocenters. The normalized spacial score (nSPS) is 8.60. The van der Waals surface area contributed by atoms with Gasteiger partial charge in [-0.05, 0) is 0 Å². The average Bonchev–Trinajstić information content (AvgIpc) is 1.35. The smallest absolute Gasteiger partial charge is 0.325 e. The van der Waals surface area contributed by atoms with E-state index >= 15 is 0 Å². The predicted octanol–water partition coefficient (Wildman–Crippen LogP) is -0.902. The van der Waals surface area contributed by atoms with Crippen LogP contribution in [0.4, 0.5) is 0 Å². The van der Waals surface area contributed by atoms with Crippen molar-refractivity contribution in [3.8, 4) is 0 Å². The Morgan fingerprint density at radius 2 is 3.00 bits per heavy atom. The van der Waals surface area contributed by atoms with Gasteiger partial charge in [0, 0.05) is 8.26 Å². The van der Waals surface area contributed by atoms with E-state index < -0.39 is 5.97 Å². The van der Waals surface area contributed by atoms with Crippen LogP contribution >= 0.6 is 0 Å². The van der Waals surface area contributed by atoms with Gasteiger partial charge in [0.25, 0.3) is 5.97 Å². The first kappa shape index (κ1) is 2.76. The summed E-state index contributed by atoms with van der Waals surface area (Å²) in [4.78, 5) is 9.70. The standard InChI is InChI=1S/C2H5BO2/c1-2(4)5-3/h3H2,1H3/i3D. The summed E-state index contributed by atoms with van der Waals surface area (Å²) in [5.74, 6) is -0.398. The van der Waals surface area contributed by atoms with Crippen molar-refractivity contribution in [2.24, 2.45) is 0 Å². The van der Waals surface area contributed by atoms with Crippen LogP contribution in [0, 0.1) is 0 Å². The molecule has 0 rings (SSSR count). The molecule has 28 valence electrons. The summed E-state index contributed by atoms with van der Waals surface area (Å²) in [5.41, 5.74) is 0. The highest BCUT2D eigenvalue weighted by atomic mass is 16.5. The molecule has 3 heteroatoms. The minimum atomic E-state index is -0.398. The lowest BCUT2D eigenvalue weighted by atomic mass is 10.6. The van der Waals surface area contributed by atoms with Crippen LogP contribution < -0.4 is 0 Å². The topological polar surface area (TPSA) is 26.3 Å². The molecule has 0 saturated heterocycles. The Kier molecular flexibility index (Phi) is 1.00. The molecule has 0 fully saturated rings. The Morgan fingerprint density at radius 3 is 3.00 bits per heavy atom. The van der Waals surface area contributed by atoms with E-state index in [0.29, 0.717) is 0 Å². The maximum atomic E-state index is 9.70. The van der Waals surface area contributed by atoms with E-state index in [1.54, 1.807) is 0 Å². The van der Waals surface area contributed by atoms with Crippen LogP contribution in [0.1, 0.15) is 6.92 Å². The highest BCUT2D eigenvalue weighted by molar-refractivity contribution is 6.04. The van der Waals surface area contributed by atoms with Crippen molar-refractivity contribution in [1.82, 2.24) is 0 Å². The largest absolute Gasteiger partial charge is 0.544 e. The van der Waals surface area contributed by atoms with Gasteiger partial charge in [0.05, 0.1) is 0 Å². The average molecular weight is 72.9 g/mol. The van der Waals surface area contributed by atoms with Gasteiger partial charge in [-0.15, -0.1) is 0 Å². The van der Waals surface area contributed by atoms with Gasteiger partial charge in [0.2, 0.25) is 0 Å². The third kappa shape index (κ3) is 3.53. The van der Waals surface area contributed by atoms with Gasteiger partial charge in [-0.2, -0.15) is 0 Å². The Labute approximate surface area is 32.9 Å². The number of hydrogen-bond acceptors (Lipinski definition) is 2. The maximum Gasteiger partial charge on any atom is 0.325 e. The Morgan fingerprint density at radius 1 is 2.40 bits per heavy atom. The second-order valence-corrected chi connectivity index (χ2v) is 0.636. The number of rotatable bonds is 1. The summed E-state index contributed by atoms with van der Waals surface area (Å²) in [5, 5.41) is 0. The SMILES string of the molecule is [2H]BOC(C)=O. The molecular weight excluding hydrogens is 66.8 g/mol. The van der Waals surface area contributed by atoms with E-state index in [1.165, 1.54) is 6.92 Å². The van der Waals surface area contributed by atoms with E-state index in [2.05, 4.69) is 4.65 Å². The molecular formula is C2H5BO2. The van der Waals surface area contributed by atoms with Crippen molar-refractivity contribution >= 4 is 14.0 Å². The highest BCUT2D eigenvalue weighted by Gasteiger charge is 1.75. The molecule has 2 nitrogen and oxygen atoms in total. The molecule has 0 bridgehead atoms. The second kappa shape index (κ2) is 1.82. The van der Waals surface area contributed by atoms with Gasteiger partial charge in [-0.25, -0.2) is 0 Å². The first-order valence-electron chi connectivity index (χ1n) is 1.90. The molecule has 0 unspecified atom stereocenters. The van der Waals surface area contributed by atoms with Gasteiger partial charge in [-0.3, -0.25) is 4.79 Å². The lowest BCUT2D eigenvalue weighted by Crippen LogP contribution is -1.90. The van der Waals surface area contributed by atoms with Crippen molar-refractivity contribution in [2.75, 3.05) is 0 Å². The van der Waals surface area contributed by atoms with Crippen molar-refractivity contribution < 1.29 is 9.45 Å². The zero-order valence-corrected chi connectivity index (χ0v) is 3.02. The fourth-order valence-corrected chi connectivity index (χ4v) is 0. The highest BCUT2D eigenvalue weighted by Crippen LogP contribution is 1.58. The minimum absolute atomic E-state index is 0.269. The zero-order valence-electron chi connectivity index (χ0n) is 4.02. The van der Waals surface area contributed by atoms with Crippen molar-refractivity contribution in [2.45, 2.75) is 6.92 Å². The molecule has 0 aliphatic rings. The first-order valence-corrected chi connectivity index (χ1v) is 1.20. The summed E-state index contributed by atoms with van der Waals surface area (Å²) in [6, 6.07) is 0. The molecule has 0 amide bonds. The van der Waals surface area contributed by atoms with Crippen LogP contribution in [-0.4, -0.2) is 15.3 Å². The minimum Gasteiger partial charge on any atom is -0.544 e. The van der Waals surface area contributed by atoms with Gasteiger partial charge < -0.3 is 4.65 Å². The number of hydrogen-bond donors (Lipinski definition) is 0. The van der Waals surface area contributed by atoms with Crippen LogP contribution in [0.25, 0.3) is 0 Å². The molecule has 0 aromatic carbocycles. The van der Waals surface area contributed by atoms with Crippen LogP contribution in [0.2, 0.25) is 0 Å². The Bertz CT molecular complexity index is 55.5.